The van der Waals surface area contributed by atoms with Gasteiger partial charge in [-0.3, -0.25) is 13.6 Å². The van der Waals surface area contributed by atoms with Crippen LogP contribution in [-0.2, 0) is 27.6 Å². The van der Waals surface area contributed by atoms with Crippen LogP contribution in [0.5, 0.6) is 0 Å². The first kappa shape index (κ1) is 17.0. The number of hydrogen-bond acceptors (Lipinski definition) is 6. The zero-order valence-electron chi connectivity index (χ0n) is 10.8. The summed E-state index contributed by atoms with van der Waals surface area (Å²) in [6, 6.07) is 0. The molecular weight excluding hydrogens is 247 g/mol. The van der Waals surface area contributed by atoms with Crippen LogP contribution in [0.1, 0.15) is 19.8 Å². The average Bonchev–Trinajstić information content (AvgIpc) is 2.30. The zero-order valence-corrected chi connectivity index (χ0v) is 11.7. The molecule has 0 unspecified atom stereocenters. The Balaban J connectivity index is 4.00. The smallest absolute Gasteiger partial charge is 0.382 e. The Bertz CT molecular complexity index is 178. The lowest BCUT2D eigenvalue weighted by molar-refractivity contribution is 0.0661. The minimum absolute atomic E-state index is 0.173. The van der Waals surface area contributed by atoms with Crippen LogP contribution >= 0.6 is 7.82 Å². The van der Waals surface area contributed by atoms with Gasteiger partial charge < -0.3 is 9.47 Å². The fraction of sp³-hybridized carbons (Fsp3) is 1.00. The normalized spacial score (nSPS) is 11.9. The molecule has 0 saturated heterocycles. The maximum atomic E-state index is 12.1. The van der Waals surface area contributed by atoms with E-state index in [0.29, 0.717) is 19.8 Å². The van der Waals surface area contributed by atoms with Crippen molar-refractivity contribution in [3.63, 3.8) is 0 Å². The number of unbranched alkanes of at least 4 members (excludes halogenated alkanes) is 1. The van der Waals surface area contributed by atoms with E-state index in [0.717, 1.165) is 12.8 Å². The predicted octanol–water partition coefficient (Wildman–Crippen LogP) is 2.24. The quantitative estimate of drug-likeness (QED) is 0.400. The maximum Gasteiger partial charge on any atom is 0.474 e. The molecule has 0 aromatic rings. The molecule has 0 fully saturated rings. The van der Waals surface area contributed by atoms with Gasteiger partial charge in [-0.1, -0.05) is 13.3 Å². The van der Waals surface area contributed by atoms with Crippen LogP contribution in [0.15, 0.2) is 0 Å². The summed E-state index contributed by atoms with van der Waals surface area (Å²) in [4.78, 5) is 0. The van der Waals surface area contributed by atoms with Crippen LogP contribution in [0.2, 0.25) is 0 Å². The number of phosphoric acid groups is 1. The van der Waals surface area contributed by atoms with E-state index in [9.17, 15) is 4.57 Å². The monoisotopic (exact) mass is 270 g/mol. The average molecular weight is 270 g/mol. The summed E-state index contributed by atoms with van der Waals surface area (Å²) in [5.74, 6) is 0. The molecular formula is C10H23O6P. The van der Waals surface area contributed by atoms with E-state index in [1.807, 2.05) is 6.92 Å². The van der Waals surface area contributed by atoms with Crippen molar-refractivity contribution >= 4 is 7.82 Å². The molecule has 0 bridgehead atoms. The predicted molar refractivity (Wildman–Crippen MR) is 64.1 cm³/mol. The molecule has 0 aromatic carbocycles. The summed E-state index contributed by atoms with van der Waals surface area (Å²) < 4.78 is 37.0. The van der Waals surface area contributed by atoms with E-state index >= 15 is 0 Å². The number of methoxy groups -OCH3 is 2. The third-order valence-electron chi connectivity index (χ3n) is 1.82. The van der Waals surface area contributed by atoms with Crippen molar-refractivity contribution in [1.29, 1.82) is 0 Å². The summed E-state index contributed by atoms with van der Waals surface area (Å²) >= 11 is 0. The van der Waals surface area contributed by atoms with Crippen molar-refractivity contribution in [2.75, 3.05) is 47.3 Å². The first-order valence-electron chi connectivity index (χ1n) is 5.70. The van der Waals surface area contributed by atoms with Crippen molar-refractivity contribution in [1.82, 2.24) is 0 Å². The molecule has 0 aliphatic rings. The Morgan fingerprint density at radius 1 is 0.824 bits per heavy atom. The molecule has 0 amide bonds. The highest BCUT2D eigenvalue weighted by atomic mass is 31.2. The van der Waals surface area contributed by atoms with E-state index in [1.165, 1.54) is 14.2 Å². The van der Waals surface area contributed by atoms with Gasteiger partial charge in [0.1, 0.15) is 0 Å². The number of hydrogen-bond donors (Lipinski definition) is 0. The molecule has 0 aromatic heterocycles. The fourth-order valence-electron chi connectivity index (χ4n) is 0.897. The van der Waals surface area contributed by atoms with Gasteiger partial charge >= 0.3 is 7.82 Å². The van der Waals surface area contributed by atoms with Gasteiger partial charge in [0, 0.05) is 14.2 Å². The Morgan fingerprint density at radius 3 is 1.71 bits per heavy atom. The third kappa shape index (κ3) is 9.71. The molecule has 0 N–H and O–H groups in total. The van der Waals surface area contributed by atoms with Gasteiger partial charge in [-0.25, -0.2) is 4.57 Å². The van der Waals surface area contributed by atoms with Crippen LogP contribution in [0.4, 0.5) is 0 Å². The molecule has 0 atom stereocenters. The van der Waals surface area contributed by atoms with Crippen LogP contribution in [0, 0.1) is 0 Å². The summed E-state index contributed by atoms with van der Waals surface area (Å²) in [5, 5.41) is 0. The van der Waals surface area contributed by atoms with E-state index in [-0.39, 0.29) is 13.2 Å². The van der Waals surface area contributed by atoms with E-state index in [4.69, 9.17) is 23.0 Å². The van der Waals surface area contributed by atoms with Crippen molar-refractivity contribution < 1.29 is 27.6 Å². The van der Waals surface area contributed by atoms with Gasteiger partial charge in [0.25, 0.3) is 0 Å². The van der Waals surface area contributed by atoms with Crippen molar-refractivity contribution in [2.45, 2.75) is 19.8 Å². The number of ether oxygens (including phenoxy) is 2. The largest absolute Gasteiger partial charge is 0.474 e. The van der Waals surface area contributed by atoms with Gasteiger partial charge in [-0.15, -0.1) is 0 Å². The number of rotatable bonds is 12. The van der Waals surface area contributed by atoms with Crippen molar-refractivity contribution in [3.8, 4) is 0 Å². The summed E-state index contributed by atoms with van der Waals surface area (Å²) in [6.45, 7) is 3.41. The first-order valence-corrected chi connectivity index (χ1v) is 7.16. The van der Waals surface area contributed by atoms with E-state index in [2.05, 4.69) is 0 Å². The second-order valence-corrected chi connectivity index (χ2v) is 4.96. The Hall–Kier alpha value is 0.0300. The van der Waals surface area contributed by atoms with Crippen LogP contribution in [0.25, 0.3) is 0 Å². The summed E-state index contributed by atoms with van der Waals surface area (Å²) in [5.41, 5.74) is 0. The van der Waals surface area contributed by atoms with Crippen LogP contribution in [0.3, 0.4) is 0 Å². The van der Waals surface area contributed by atoms with Crippen molar-refractivity contribution in [2.24, 2.45) is 0 Å². The molecule has 17 heavy (non-hydrogen) atoms. The van der Waals surface area contributed by atoms with Gasteiger partial charge in [0.05, 0.1) is 33.0 Å². The van der Waals surface area contributed by atoms with Crippen LogP contribution in [-0.4, -0.2) is 47.3 Å². The third-order valence-corrected chi connectivity index (χ3v) is 3.32. The fourth-order valence-corrected chi connectivity index (χ4v) is 2.07. The molecule has 7 heteroatoms. The lowest BCUT2D eigenvalue weighted by Gasteiger charge is -2.17. The molecule has 0 heterocycles. The standard InChI is InChI=1S/C10H23O6P/c1-4-5-6-14-17(11,15-9-7-12-2)16-10-8-13-3/h4-10H2,1-3H3. The highest BCUT2D eigenvalue weighted by molar-refractivity contribution is 7.48. The summed E-state index contributed by atoms with van der Waals surface area (Å²) in [6.07, 6.45) is 1.77. The highest BCUT2D eigenvalue weighted by Crippen LogP contribution is 2.49. The second-order valence-electron chi connectivity index (χ2n) is 3.29. The van der Waals surface area contributed by atoms with Gasteiger partial charge in [0.2, 0.25) is 0 Å². The molecule has 0 rings (SSSR count). The van der Waals surface area contributed by atoms with E-state index in [1.54, 1.807) is 0 Å². The van der Waals surface area contributed by atoms with E-state index < -0.39 is 7.82 Å². The molecule has 0 saturated carbocycles. The number of phosphoric ester groups is 1. The SMILES string of the molecule is CCCCOP(=O)(OCCOC)OCCOC. The van der Waals surface area contributed by atoms with Crippen molar-refractivity contribution in [3.05, 3.63) is 0 Å². The summed E-state index contributed by atoms with van der Waals surface area (Å²) in [7, 11) is -0.389. The van der Waals surface area contributed by atoms with Gasteiger partial charge in [0.15, 0.2) is 0 Å². The molecule has 0 radical (unpaired) electrons. The topological polar surface area (TPSA) is 63.2 Å². The molecule has 6 nitrogen and oxygen atoms in total. The molecule has 0 aliphatic heterocycles. The van der Waals surface area contributed by atoms with Gasteiger partial charge in [-0.05, 0) is 6.42 Å². The zero-order chi connectivity index (χ0) is 13.0. The highest BCUT2D eigenvalue weighted by Gasteiger charge is 2.26. The van der Waals surface area contributed by atoms with Gasteiger partial charge in [-0.2, -0.15) is 0 Å². The lowest BCUT2D eigenvalue weighted by Crippen LogP contribution is -2.08. The second kappa shape index (κ2) is 11.1. The lowest BCUT2D eigenvalue weighted by atomic mass is 10.4. The molecule has 104 valence electrons. The minimum Gasteiger partial charge on any atom is -0.382 e. The van der Waals surface area contributed by atoms with Crippen LogP contribution < -0.4 is 0 Å². The molecule has 0 spiro atoms. The Kier molecular flexibility index (Phi) is 11.2. The first-order chi connectivity index (χ1) is 8.18. The Morgan fingerprint density at radius 2 is 1.29 bits per heavy atom. The Labute approximate surface area is 103 Å². The molecule has 0 aliphatic carbocycles. The maximum absolute atomic E-state index is 12.1. The minimum atomic E-state index is -3.47.